The zero-order valence-electron chi connectivity index (χ0n) is 9.77. The molecule has 0 bridgehead atoms. The zero-order valence-corrected chi connectivity index (χ0v) is 11.3. The Balaban J connectivity index is 2.26. The van der Waals surface area contributed by atoms with E-state index in [-0.39, 0.29) is 0 Å². The Labute approximate surface area is 116 Å². The Kier molecular flexibility index (Phi) is 4.14. The molecule has 90 valence electrons. The second-order valence-corrected chi connectivity index (χ2v) is 4.95. The summed E-state index contributed by atoms with van der Waals surface area (Å²) in [6.07, 6.45) is 2.04. The van der Waals surface area contributed by atoms with Gasteiger partial charge >= 0.3 is 0 Å². The standard InChI is InChI=1S/C14H11ClN2S/c1-18-12-4-2-3-11(8-12)17-14-6-5-10(9-16)7-13(14)15/h2-8,17H,1H3. The van der Waals surface area contributed by atoms with Gasteiger partial charge in [0.1, 0.15) is 0 Å². The first-order chi connectivity index (χ1) is 8.72. The highest BCUT2D eigenvalue weighted by atomic mass is 35.5. The molecule has 4 heteroatoms. The summed E-state index contributed by atoms with van der Waals surface area (Å²) in [7, 11) is 0. The van der Waals surface area contributed by atoms with Crippen molar-refractivity contribution in [3.63, 3.8) is 0 Å². The van der Waals surface area contributed by atoms with Crippen molar-refractivity contribution in [2.75, 3.05) is 11.6 Å². The average molecular weight is 275 g/mol. The lowest BCUT2D eigenvalue weighted by molar-refractivity contribution is 1.43. The summed E-state index contributed by atoms with van der Waals surface area (Å²) in [6, 6.07) is 15.4. The van der Waals surface area contributed by atoms with E-state index in [1.807, 2.05) is 24.5 Å². The van der Waals surface area contributed by atoms with Gasteiger partial charge in [0.2, 0.25) is 0 Å². The van der Waals surface area contributed by atoms with Crippen LogP contribution in [-0.2, 0) is 0 Å². The molecule has 2 nitrogen and oxygen atoms in total. The number of nitrogens with zero attached hydrogens (tertiary/aromatic N) is 1. The van der Waals surface area contributed by atoms with Crippen molar-refractivity contribution in [1.29, 1.82) is 5.26 Å². The number of anilines is 2. The van der Waals surface area contributed by atoms with E-state index in [2.05, 4.69) is 23.5 Å². The third-order valence-corrected chi connectivity index (χ3v) is 3.48. The first-order valence-corrected chi connectivity index (χ1v) is 6.94. The summed E-state index contributed by atoms with van der Waals surface area (Å²) in [5, 5.41) is 12.6. The van der Waals surface area contributed by atoms with E-state index in [9.17, 15) is 0 Å². The van der Waals surface area contributed by atoms with Gasteiger partial charge < -0.3 is 5.32 Å². The van der Waals surface area contributed by atoms with Gasteiger partial charge in [0.15, 0.2) is 0 Å². The summed E-state index contributed by atoms with van der Waals surface area (Å²) < 4.78 is 0. The molecule has 0 fully saturated rings. The summed E-state index contributed by atoms with van der Waals surface area (Å²) in [6.45, 7) is 0. The van der Waals surface area contributed by atoms with Crippen LogP contribution in [0, 0.1) is 11.3 Å². The molecule has 2 aromatic carbocycles. The maximum absolute atomic E-state index is 8.78. The minimum atomic E-state index is 0.545. The number of hydrogen-bond donors (Lipinski definition) is 1. The Morgan fingerprint density at radius 2 is 2.06 bits per heavy atom. The van der Waals surface area contributed by atoms with Crippen LogP contribution < -0.4 is 5.32 Å². The van der Waals surface area contributed by atoms with Gasteiger partial charge in [0, 0.05) is 10.6 Å². The van der Waals surface area contributed by atoms with Crippen LogP contribution in [0.3, 0.4) is 0 Å². The molecule has 0 saturated heterocycles. The third kappa shape index (κ3) is 2.98. The summed E-state index contributed by atoms with van der Waals surface area (Å²) in [4.78, 5) is 1.18. The van der Waals surface area contributed by atoms with E-state index in [0.717, 1.165) is 11.4 Å². The third-order valence-electron chi connectivity index (χ3n) is 2.45. The fraction of sp³-hybridized carbons (Fsp3) is 0.0714. The molecule has 0 amide bonds. The second kappa shape index (κ2) is 5.81. The first-order valence-electron chi connectivity index (χ1n) is 5.33. The van der Waals surface area contributed by atoms with Crippen molar-refractivity contribution in [2.24, 2.45) is 0 Å². The minimum Gasteiger partial charge on any atom is -0.354 e. The molecule has 0 aliphatic heterocycles. The van der Waals surface area contributed by atoms with Crippen LogP contribution in [0.15, 0.2) is 47.4 Å². The van der Waals surface area contributed by atoms with Crippen molar-refractivity contribution in [3.8, 4) is 6.07 Å². The van der Waals surface area contributed by atoms with E-state index >= 15 is 0 Å². The molecule has 0 radical (unpaired) electrons. The number of nitriles is 1. The quantitative estimate of drug-likeness (QED) is 0.826. The van der Waals surface area contributed by atoms with Crippen LogP contribution in [0.4, 0.5) is 11.4 Å². The van der Waals surface area contributed by atoms with Crippen molar-refractivity contribution in [2.45, 2.75) is 4.90 Å². The molecule has 0 unspecified atom stereocenters. The Hall–Kier alpha value is -1.63. The normalized spacial score (nSPS) is 9.83. The first kappa shape index (κ1) is 12.8. The van der Waals surface area contributed by atoms with E-state index in [4.69, 9.17) is 16.9 Å². The highest BCUT2D eigenvalue weighted by Crippen LogP contribution is 2.28. The molecule has 0 saturated carbocycles. The van der Waals surface area contributed by atoms with Crippen molar-refractivity contribution >= 4 is 34.7 Å². The van der Waals surface area contributed by atoms with Gasteiger partial charge in [-0.2, -0.15) is 5.26 Å². The SMILES string of the molecule is CSc1cccc(Nc2ccc(C#N)cc2Cl)c1. The molecule has 0 atom stereocenters. The van der Waals surface area contributed by atoms with Crippen molar-refractivity contribution in [1.82, 2.24) is 0 Å². The van der Waals surface area contributed by atoms with Crippen LogP contribution in [0.5, 0.6) is 0 Å². The molecule has 0 heterocycles. The molecule has 18 heavy (non-hydrogen) atoms. The summed E-state index contributed by atoms with van der Waals surface area (Å²) in [5.41, 5.74) is 2.34. The smallest absolute Gasteiger partial charge is 0.0992 e. The molecule has 0 aliphatic carbocycles. The Bertz CT molecular complexity index is 605. The Morgan fingerprint density at radius 1 is 1.22 bits per heavy atom. The lowest BCUT2D eigenvalue weighted by atomic mass is 10.2. The van der Waals surface area contributed by atoms with Crippen LogP contribution >= 0.6 is 23.4 Å². The van der Waals surface area contributed by atoms with Gasteiger partial charge in [-0.05, 0) is 42.7 Å². The molecule has 2 aromatic rings. The van der Waals surface area contributed by atoms with Gasteiger partial charge in [-0.3, -0.25) is 0 Å². The summed E-state index contributed by atoms with van der Waals surface area (Å²) in [5.74, 6) is 0. The number of halogens is 1. The zero-order chi connectivity index (χ0) is 13.0. The lowest BCUT2D eigenvalue weighted by Gasteiger charge is -2.09. The molecule has 0 aromatic heterocycles. The van der Waals surface area contributed by atoms with E-state index in [1.165, 1.54) is 4.90 Å². The minimum absolute atomic E-state index is 0.545. The monoisotopic (exact) mass is 274 g/mol. The number of rotatable bonds is 3. The second-order valence-electron chi connectivity index (χ2n) is 3.66. The largest absolute Gasteiger partial charge is 0.354 e. The van der Waals surface area contributed by atoms with Gasteiger partial charge in [0.25, 0.3) is 0 Å². The van der Waals surface area contributed by atoms with Crippen LogP contribution in [0.2, 0.25) is 5.02 Å². The predicted octanol–water partition coefficient (Wildman–Crippen LogP) is 4.68. The summed E-state index contributed by atoms with van der Waals surface area (Å²) >= 11 is 7.80. The topological polar surface area (TPSA) is 35.8 Å². The fourth-order valence-corrected chi connectivity index (χ4v) is 2.23. The average Bonchev–Trinajstić information content (AvgIpc) is 2.41. The van der Waals surface area contributed by atoms with E-state index < -0.39 is 0 Å². The van der Waals surface area contributed by atoms with Gasteiger partial charge in [-0.25, -0.2) is 0 Å². The highest BCUT2D eigenvalue weighted by molar-refractivity contribution is 7.98. The maximum atomic E-state index is 8.78. The highest BCUT2D eigenvalue weighted by Gasteiger charge is 2.02. The fourth-order valence-electron chi connectivity index (χ4n) is 1.54. The number of hydrogen-bond acceptors (Lipinski definition) is 3. The Morgan fingerprint density at radius 3 is 2.72 bits per heavy atom. The van der Waals surface area contributed by atoms with Gasteiger partial charge in [-0.15, -0.1) is 11.8 Å². The van der Waals surface area contributed by atoms with E-state index in [0.29, 0.717) is 10.6 Å². The maximum Gasteiger partial charge on any atom is 0.0992 e. The molecular formula is C14H11ClN2S. The number of thioether (sulfide) groups is 1. The molecule has 0 aliphatic rings. The molecule has 1 N–H and O–H groups in total. The van der Waals surface area contributed by atoms with Crippen LogP contribution in [0.25, 0.3) is 0 Å². The van der Waals surface area contributed by atoms with E-state index in [1.54, 1.807) is 23.9 Å². The number of benzene rings is 2. The lowest BCUT2D eigenvalue weighted by Crippen LogP contribution is -1.91. The van der Waals surface area contributed by atoms with Gasteiger partial charge in [-0.1, -0.05) is 17.7 Å². The molecule has 0 spiro atoms. The predicted molar refractivity (Wildman–Crippen MR) is 77.7 cm³/mol. The van der Waals surface area contributed by atoms with Crippen molar-refractivity contribution in [3.05, 3.63) is 53.1 Å². The van der Waals surface area contributed by atoms with Crippen LogP contribution in [0.1, 0.15) is 5.56 Å². The van der Waals surface area contributed by atoms with Crippen molar-refractivity contribution < 1.29 is 0 Å². The van der Waals surface area contributed by atoms with Gasteiger partial charge in [0.05, 0.1) is 22.3 Å². The number of nitrogens with one attached hydrogen (secondary N) is 1. The van der Waals surface area contributed by atoms with Crippen LogP contribution in [-0.4, -0.2) is 6.26 Å². The molecule has 2 rings (SSSR count). The molecular weight excluding hydrogens is 264 g/mol.